The number of aromatic nitrogens is 1. The lowest BCUT2D eigenvalue weighted by molar-refractivity contribution is 1.29. The van der Waals surface area contributed by atoms with Crippen molar-refractivity contribution >= 4 is 50.1 Å². The van der Waals surface area contributed by atoms with Gasteiger partial charge in [-0.3, -0.25) is 4.98 Å². The molecule has 0 aliphatic rings. The van der Waals surface area contributed by atoms with Gasteiger partial charge in [0.1, 0.15) is 0 Å². The third-order valence-electron chi connectivity index (χ3n) is 0.795. The Kier molecular flexibility index (Phi) is 2.73. The molecule has 1 nitrogen and oxygen atoms in total. The minimum atomic E-state index is 0.685. The molecule has 9 heavy (non-hydrogen) atoms. The summed E-state index contributed by atoms with van der Waals surface area (Å²) in [4.78, 5) is 3.86. The molecule has 0 saturated heterocycles. The summed E-state index contributed by atoms with van der Waals surface area (Å²) in [5.74, 6) is 0. The second kappa shape index (κ2) is 3.16. The van der Waals surface area contributed by atoms with Crippen LogP contribution < -0.4 is 0 Å². The Morgan fingerprint density at radius 2 is 2.22 bits per heavy atom. The van der Waals surface area contributed by atoms with Gasteiger partial charge in [-0.05, 0) is 38.5 Å². The van der Waals surface area contributed by atoms with Gasteiger partial charge in [-0.25, -0.2) is 0 Å². The number of halogens is 3. The molecule has 0 atom stereocenters. The van der Waals surface area contributed by atoms with Crippen LogP contribution in [-0.4, -0.2) is 4.98 Å². The standard InChI is InChI=1S/C5H2BrClIN/c6-3-1-9-2-4(7)5(3)8/h1-2H. The van der Waals surface area contributed by atoms with E-state index in [1.54, 1.807) is 12.4 Å². The summed E-state index contributed by atoms with van der Waals surface area (Å²) < 4.78 is 1.94. The third-order valence-corrected chi connectivity index (χ3v) is 3.91. The van der Waals surface area contributed by atoms with Crippen molar-refractivity contribution in [2.75, 3.05) is 0 Å². The minimum Gasteiger partial charge on any atom is -0.262 e. The molecule has 0 fully saturated rings. The van der Waals surface area contributed by atoms with Crippen molar-refractivity contribution in [3.8, 4) is 0 Å². The average Bonchev–Trinajstić information content (AvgIpc) is 1.83. The van der Waals surface area contributed by atoms with Crippen LogP contribution in [0, 0.1) is 3.57 Å². The fraction of sp³-hybridized carbons (Fsp3) is 0. The molecule has 0 amide bonds. The summed E-state index contributed by atoms with van der Waals surface area (Å²) in [6, 6.07) is 0. The average molecular weight is 318 g/mol. The van der Waals surface area contributed by atoms with Crippen LogP contribution >= 0.6 is 50.1 Å². The predicted octanol–water partition coefficient (Wildman–Crippen LogP) is 3.10. The molecule has 0 aromatic carbocycles. The SMILES string of the molecule is Clc1cncc(Br)c1I. The monoisotopic (exact) mass is 317 g/mol. The van der Waals surface area contributed by atoms with Crippen molar-refractivity contribution in [2.24, 2.45) is 0 Å². The fourth-order valence-electron chi connectivity index (χ4n) is 0.396. The highest BCUT2D eigenvalue weighted by molar-refractivity contribution is 14.1. The molecule has 4 heteroatoms. The summed E-state index contributed by atoms with van der Waals surface area (Å²) in [5.41, 5.74) is 0. The topological polar surface area (TPSA) is 12.9 Å². The number of pyridine rings is 1. The Hall–Kier alpha value is 0.650. The Bertz CT molecular complexity index is 208. The Balaban J connectivity index is 3.25. The molecular formula is C5H2BrClIN. The van der Waals surface area contributed by atoms with Crippen LogP contribution in [0.25, 0.3) is 0 Å². The highest BCUT2D eigenvalue weighted by Gasteiger charge is 1.98. The van der Waals surface area contributed by atoms with Gasteiger partial charge in [0.25, 0.3) is 0 Å². The van der Waals surface area contributed by atoms with Gasteiger partial charge in [-0.15, -0.1) is 0 Å². The lowest BCUT2D eigenvalue weighted by atomic mass is 10.5. The number of hydrogen-bond acceptors (Lipinski definition) is 1. The molecular weight excluding hydrogens is 316 g/mol. The lowest BCUT2D eigenvalue weighted by Crippen LogP contribution is -1.78. The van der Waals surface area contributed by atoms with E-state index in [1.165, 1.54) is 0 Å². The molecule has 1 aromatic rings. The lowest BCUT2D eigenvalue weighted by Gasteiger charge is -1.94. The highest BCUT2D eigenvalue weighted by Crippen LogP contribution is 2.24. The van der Waals surface area contributed by atoms with Crippen LogP contribution in [-0.2, 0) is 0 Å². The van der Waals surface area contributed by atoms with E-state index in [0.29, 0.717) is 5.02 Å². The molecule has 0 spiro atoms. The molecule has 0 bridgehead atoms. The maximum atomic E-state index is 5.71. The molecule has 0 saturated carbocycles. The van der Waals surface area contributed by atoms with Crippen LogP contribution in [0.1, 0.15) is 0 Å². The summed E-state index contributed by atoms with van der Waals surface area (Å²) in [6.45, 7) is 0. The van der Waals surface area contributed by atoms with E-state index in [4.69, 9.17) is 11.6 Å². The van der Waals surface area contributed by atoms with Crippen molar-refractivity contribution in [3.63, 3.8) is 0 Å². The zero-order valence-electron chi connectivity index (χ0n) is 4.24. The van der Waals surface area contributed by atoms with Gasteiger partial charge in [0.15, 0.2) is 0 Å². The first-order valence-electron chi connectivity index (χ1n) is 2.16. The largest absolute Gasteiger partial charge is 0.262 e. The van der Waals surface area contributed by atoms with E-state index in [9.17, 15) is 0 Å². The fourth-order valence-corrected chi connectivity index (χ4v) is 1.28. The first-order chi connectivity index (χ1) is 4.22. The van der Waals surface area contributed by atoms with Crippen molar-refractivity contribution in [2.45, 2.75) is 0 Å². The number of nitrogens with zero attached hydrogens (tertiary/aromatic N) is 1. The van der Waals surface area contributed by atoms with Gasteiger partial charge in [-0.1, -0.05) is 11.6 Å². The molecule has 1 heterocycles. The van der Waals surface area contributed by atoms with Gasteiger partial charge in [0, 0.05) is 16.0 Å². The molecule has 0 radical (unpaired) electrons. The minimum absolute atomic E-state index is 0.685. The quantitative estimate of drug-likeness (QED) is 0.670. The summed E-state index contributed by atoms with van der Waals surface area (Å²) in [5, 5.41) is 0.685. The highest BCUT2D eigenvalue weighted by atomic mass is 127. The smallest absolute Gasteiger partial charge is 0.0734 e. The summed E-state index contributed by atoms with van der Waals surface area (Å²) >= 11 is 11.2. The molecule has 0 aliphatic heterocycles. The molecule has 0 unspecified atom stereocenters. The van der Waals surface area contributed by atoms with Crippen LogP contribution in [0.5, 0.6) is 0 Å². The first kappa shape index (κ1) is 7.75. The molecule has 0 N–H and O–H groups in total. The van der Waals surface area contributed by atoms with Gasteiger partial charge < -0.3 is 0 Å². The zero-order chi connectivity index (χ0) is 6.85. The van der Waals surface area contributed by atoms with E-state index in [2.05, 4.69) is 43.5 Å². The Morgan fingerprint density at radius 1 is 1.56 bits per heavy atom. The van der Waals surface area contributed by atoms with Gasteiger partial charge in [0.05, 0.1) is 9.50 Å². The van der Waals surface area contributed by atoms with E-state index >= 15 is 0 Å². The van der Waals surface area contributed by atoms with Crippen molar-refractivity contribution in [1.82, 2.24) is 4.98 Å². The zero-order valence-corrected chi connectivity index (χ0v) is 8.74. The maximum Gasteiger partial charge on any atom is 0.0734 e. The van der Waals surface area contributed by atoms with Gasteiger partial charge in [0.2, 0.25) is 0 Å². The number of rotatable bonds is 0. The van der Waals surface area contributed by atoms with E-state index in [0.717, 1.165) is 8.04 Å². The summed E-state index contributed by atoms with van der Waals surface area (Å²) in [6.07, 6.45) is 3.34. The summed E-state index contributed by atoms with van der Waals surface area (Å²) in [7, 11) is 0. The third kappa shape index (κ3) is 1.78. The van der Waals surface area contributed by atoms with Crippen molar-refractivity contribution in [3.05, 3.63) is 25.5 Å². The second-order valence-corrected chi connectivity index (χ2v) is 3.76. The van der Waals surface area contributed by atoms with E-state index < -0.39 is 0 Å². The Morgan fingerprint density at radius 3 is 2.67 bits per heavy atom. The van der Waals surface area contributed by atoms with E-state index in [-0.39, 0.29) is 0 Å². The van der Waals surface area contributed by atoms with Crippen LogP contribution in [0.15, 0.2) is 16.9 Å². The molecule has 0 aliphatic carbocycles. The van der Waals surface area contributed by atoms with Crippen LogP contribution in [0.2, 0.25) is 5.02 Å². The van der Waals surface area contributed by atoms with Crippen molar-refractivity contribution in [1.29, 1.82) is 0 Å². The molecule has 48 valence electrons. The van der Waals surface area contributed by atoms with Gasteiger partial charge >= 0.3 is 0 Å². The molecule has 1 rings (SSSR count). The maximum absolute atomic E-state index is 5.71. The molecule has 1 aromatic heterocycles. The van der Waals surface area contributed by atoms with Crippen LogP contribution in [0.4, 0.5) is 0 Å². The van der Waals surface area contributed by atoms with Gasteiger partial charge in [-0.2, -0.15) is 0 Å². The predicted molar refractivity (Wildman–Crippen MR) is 49.7 cm³/mol. The first-order valence-corrected chi connectivity index (χ1v) is 4.41. The normalized spacial score (nSPS) is 9.67. The van der Waals surface area contributed by atoms with E-state index in [1.807, 2.05) is 0 Å². The van der Waals surface area contributed by atoms with Crippen molar-refractivity contribution < 1.29 is 0 Å². The number of hydrogen-bond donors (Lipinski definition) is 0. The van der Waals surface area contributed by atoms with Crippen LogP contribution in [0.3, 0.4) is 0 Å². The Labute approximate surface area is 80.1 Å². The second-order valence-electron chi connectivity index (χ2n) is 1.42.